The maximum Gasteiger partial charge on any atom is 0.325 e. The third-order valence-electron chi connectivity index (χ3n) is 5.50. The van der Waals surface area contributed by atoms with Crippen LogP contribution in [0.15, 0.2) is 84.9 Å². The highest BCUT2D eigenvalue weighted by atomic mass is 16.5. The van der Waals surface area contributed by atoms with Crippen molar-refractivity contribution in [2.24, 2.45) is 0 Å². The Bertz CT molecular complexity index is 1120. The van der Waals surface area contributed by atoms with Gasteiger partial charge in [-0.15, -0.1) is 0 Å². The molecule has 0 unspecified atom stereocenters. The number of carbonyl (C=O) groups is 3. The van der Waals surface area contributed by atoms with Crippen molar-refractivity contribution < 1.29 is 19.1 Å². The zero-order valence-electron chi connectivity index (χ0n) is 18.2. The molecule has 168 valence electrons. The average molecular weight is 444 g/mol. The predicted octanol–water partition coefficient (Wildman–Crippen LogP) is 4.88. The second-order valence-corrected chi connectivity index (χ2v) is 7.82. The summed E-state index contributed by atoms with van der Waals surface area (Å²) in [6, 6.07) is 24.3. The number of benzene rings is 3. The highest BCUT2D eigenvalue weighted by Crippen LogP contribution is 2.26. The summed E-state index contributed by atoms with van der Waals surface area (Å²) in [5.41, 5.74) is 1.50. The van der Waals surface area contributed by atoms with Crippen LogP contribution in [0, 0.1) is 0 Å². The molecule has 1 heterocycles. The van der Waals surface area contributed by atoms with Crippen molar-refractivity contribution in [3.8, 4) is 11.5 Å². The molecule has 2 atom stereocenters. The van der Waals surface area contributed by atoms with Crippen LogP contribution in [0.5, 0.6) is 11.5 Å². The minimum Gasteiger partial charge on any atom is -0.457 e. The van der Waals surface area contributed by atoms with Gasteiger partial charge in [-0.2, -0.15) is 0 Å². The molecular formula is C26H25N3O4. The second kappa shape index (κ2) is 9.99. The number of imide groups is 1. The van der Waals surface area contributed by atoms with Crippen molar-refractivity contribution in [1.82, 2.24) is 10.2 Å². The fourth-order valence-corrected chi connectivity index (χ4v) is 3.72. The van der Waals surface area contributed by atoms with E-state index in [2.05, 4.69) is 10.6 Å². The largest absolute Gasteiger partial charge is 0.457 e. The van der Waals surface area contributed by atoms with Gasteiger partial charge in [0.1, 0.15) is 17.5 Å². The number of carbonyl (C=O) groups excluding carboxylic acids is 3. The van der Waals surface area contributed by atoms with E-state index in [1.54, 1.807) is 24.3 Å². The van der Waals surface area contributed by atoms with Gasteiger partial charge in [0.2, 0.25) is 5.91 Å². The Balaban J connectivity index is 1.28. The zero-order valence-corrected chi connectivity index (χ0v) is 18.2. The van der Waals surface area contributed by atoms with Gasteiger partial charge in [-0.25, -0.2) is 4.79 Å². The van der Waals surface area contributed by atoms with E-state index in [1.807, 2.05) is 67.6 Å². The average Bonchev–Trinajstić information content (AvgIpc) is 3.12. The van der Waals surface area contributed by atoms with Gasteiger partial charge >= 0.3 is 6.03 Å². The van der Waals surface area contributed by atoms with Crippen LogP contribution in [0.4, 0.5) is 10.5 Å². The van der Waals surface area contributed by atoms with Crippen molar-refractivity contribution in [1.29, 1.82) is 0 Å². The molecule has 1 saturated heterocycles. The number of anilines is 1. The monoisotopic (exact) mass is 443 g/mol. The number of rotatable bonds is 8. The Labute approximate surface area is 192 Å². The van der Waals surface area contributed by atoms with E-state index in [-0.39, 0.29) is 30.7 Å². The lowest BCUT2D eigenvalue weighted by atomic mass is 10.1. The summed E-state index contributed by atoms with van der Waals surface area (Å²) >= 11 is 0. The summed E-state index contributed by atoms with van der Waals surface area (Å²) in [4.78, 5) is 38.8. The zero-order chi connectivity index (χ0) is 23.2. The smallest absolute Gasteiger partial charge is 0.325 e. The first-order valence-electron chi connectivity index (χ1n) is 10.8. The van der Waals surface area contributed by atoms with Crippen LogP contribution >= 0.6 is 0 Å². The molecular weight excluding hydrogens is 418 g/mol. The van der Waals surface area contributed by atoms with Gasteiger partial charge in [0.15, 0.2) is 0 Å². The SMILES string of the molecule is C[C@@H](c1ccccc1)N1C(=O)N[C@@H](CCC(=O)Nc2ccc(Oc3ccccc3)cc2)C1=O. The van der Waals surface area contributed by atoms with Crippen LogP contribution in [-0.4, -0.2) is 28.8 Å². The Morgan fingerprint density at radius 3 is 2.21 bits per heavy atom. The fraction of sp³-hybridized carbons (Fsp3) is 0.192. The second-order valence-electron chi connectivity index (χ2n) is 7.82. The quantitative estimate of drug-likeness (QED) is 0.486. The van der Waals surface area contributed by atoms with Gasteiger partial charge in [-0.3, -0.25) is 14.5 Å². The van der Waals surface area contributed by atoms with Crippen molar-refractivity contribution in [2.45, 2.75) is 31.8 Å². The number of hydrogen-bond acceptors (Lipinski definition) is 4. The van der Waals surface area contributed by atoms with E-state index in [9.17, 15) is 14.4 Å². The van der Waals surface area contributed by atoms with E-state index in [4.69, 9.17) is 4.74 Å². The van der Waals surface area contributed by atoms with Crippen LogP contribution < -0.4 is 15.4 Å². The highest BCUT2D eigenvalue weighted by Gasteiger charge is 2.40. The number of amides is 4. The van der Waals surface area contributed by atoms with E-state index in [0.717, 1.165) is 11.3 Å². The van der Waals surface area contributed by atoms with Crippen LogP contribution in [0.2, 0.25) is 0 Å². The molecule has 0 aromatic heterocycles. The first kappa shape index (κ1) is 22.1. The first-order chi connectivity index (χ1) is 16.0. The number of urea groups is 1. The number of nitrogens with one attached hydrogen (secondary N) is 2. The molecule has 4 amide bonds. The third kappa shape index (κ3) is 5.38. The molecule has 3 aromatic carbocycles. The maximum absolute atomic E-state index is 12.8. The molecule has 3 aromatic rings. The molecule has 1 fully saturated rings. The number of para-hydroxylation sites is 1. The van der Waals surface area contributed by atoms with E-state index in [1.165, 1.54) is 4.90 Å². The molecule has 0 bridgehead atoms. The minimum absolute atomic E-state index is 0.104. The van der Waals surface area contributed by atoms with Crippen LogP contribution in [0.1, 0.15) is 31.4 Å². The number of ether oxygens (including phenoxy) is 1. The Kier molecular flexibility index (Phi) is 6.69. The van der Waals surface area contributed by atoms with Crippen LogP contribution in [0.25, 0.3) is 0 Å². The molecule has 0 saturated carbocycles. The van der Waals surface area contributed by atoms with E-state index >= 15 is 0 Å². The highest BCUT2D eigenvalue weighted by molar-refractivity contribution is 6.05. The van der Waals surface area contributed by atoms with E-state index < -0.39 is 12.1 Å². The van der Waals surface area contributed by atoms with Crippen LogP contribution in [-0.2, 0) is 9.59 Å². The summed E-state index contributed by atoms with van der Waals surface area (Å²) in [6.07, 6.45) is 0.329. The molecule has 1 aliphatic heterocycles. The molecule has 7 nitrogen and oxygen atoms in total. The summed E-state index contributed by atoms with van der Waals surface area (Å²) in [5, 5.41) is 5.51. The molecule has 0 radical (unpaired) electrons. The number of hydrogen-bond donors (Lipinski definition) is 2. The van der Waals surface area contributed by atoms with Gasteiger partial charge in [0.05, 0.1) is 6.04 Å². The van der Waals surface area contributed by atoms with Gasteiger partial charge in [-0.1, -0.05) is 48.5 Å². The van der Waals surface area contributed by atoms with Crippen molar-refractivity contribution in [3.63, 3.8) is 0 Å². The predicted molar refractivity (Wildman–Crippen MR) is 125 cm³/mol. The lowest BCUT2D eigenvalue weighted by molar-refractivity contribution is -0.129. The van der Waals surface area contributed by atoms with Gasteiger partial charge in [0, 0.05) is 12.1 Å². The summed E-state index contributed by atoms with van der Waals surface area (Å²) in [5.74, 6) is 0.842. The normalized spacial score (nSPS) is 16.3. The molecule has 33 heavy (non-hydrogen) atoms. The molecule has 0 aliphatic carbocycles. The third-order valence-corrected chi connectivity index (χ3v) is 5.50. The summed E-state index contributed by atoms with van der Waals surface area (Å²) < 4.78 is 5.74. The Morgan fingerprint density at radius 2 is 1.55 bits per heavy atom. The Morgan fingerprint density at radius 1 is 0.939 bits per heavy atom. The van der Waals surface area contributed by atoms with Gasteiger partial charge in [0.25, 0.3) is 5.91 Å². The molecule has 7 heteroatoms. The molecule has 0 spiro atoms. The minimum atomic E-state index is -0.712. The van der Waals surface area contributed by atoms with Crippen LogP contribution in [0.3, 0.4) is 0 Å². The van der Waals surface area contributed by atoms with E-state index in [0.29, 0.717) is 11.4 Å². The van der Waals surface area contributed by atoms with Crippen molar-refractivity contribution in [2.75, 3.05) is 5.32 Å². The standard InChI is InChI=1S/C26H25N3O4/c1-18(19-8-4-2-5-9-19)29-25(31)23(28-26(29)32)16-17-24(30)27-20-12-14-22(15-13-20)33-21-10-6-3-7-11-21/h2-15,18,23H,16-17H2,1H3,(H,27,30)(H,28,32)/t18-,23-/m0/s1. The topological polar surface area (TPSA) is 87.7 Å². The fourth-order valence-electron chi connectivity index (χ4n) is 3.72. The lowest BCUT2D eigenvalue weighted by Crippen LogP contribution is -2.34. The van der Waals surface area contributed by atoms with Gasteiger partial charge < -0.3 is 15.4 Å². The first-order valence-corrected chi connectivity index (χ1v) is 10.8. The number of nitrogens with zero attached hydrogens (tertiary/aromatic N) is 1. The lowest BCUT2D eigenvalue weighted by Gasteiger charge is -2.21. The molecule has 2 N–H and O–H groups in total. The molecule has 1 aliphatic rings. The molecule has 4 rings (SSSR count). The maximum atomic E-state index is 12.8. The Hall–Kier alpha value is -4.13. The summed E-state index contributed by atoms with van der Waals surface area (Å²) in [6.45, 7) is 1.81. The van der Waals surface area contributed by atoms with Crippen molar-refractivity contribution >= 4 is 23.5 Å². The summed E-state index contributed by atoms with van der Waals surface area (Å²) in [7, 11) is 0. The van der Waals surface area contributed by atoms with Gasteiger partial charge in [-0.05, 0) is 55.3 Å². The van der Waals surface area contributed by atoms with Crippen molar-refractivity contribution in [3.05, 3.63) is 90.5 Å².